The van der Waals surface area contributed by atoms with Crippen LogP contribution in [0.4, 0.5) is 8.78 Å². The summed E-state index contributed by atoms with van der Waals surface area (Å²) in [5, 5.41) is 19.4. The number of fused-ring (bicyclic) bond motifs is 1. The van der Waals surface area contributed by atoms with Gasteiger partial charge in [-0.05, 0) is 28.4 Å². The van der Waals surface area contributed by atoms with Crippen LogP contribution in [0.15, 0.2) is 36.4 Å². The van der Waals surface area contributed by atoms with Crippen molar-refractivity contribution in [2.75, 3.05) is 0 Å². The Morgan fingerprint density at radius 3 is 2.35 bits per heavy atom. The van der Waals surface area contributed by atoms with E-state index >= 15 is 0 Å². The van der Waals surface area contributed by atoms with Crippen molar-refractivity contribution in [2.24, 2.45) is 0 Å². The number of ether oxygens (including phenoxy) is 1. The molecule has 0 aromatic heterocycles. The highest BCUT2D eigenvalue weighted by molar-refractivity contribution is 6.58. The first kappa shape index (κ1) is 11.8. The fourth-order valence-electron chi connectivity index (χ4n) is 1.58. The second-order valence-corrected chi connectivity index (χ2v) is 3.52. The Bertz CT molecular complexity index is 531. The maximum atomic E-state index is 12.0. The quantitative estimate of drug-likeness (QED) is 0.787. The summed E-state index contributed by atoms with van der Waals surface area (Å²) >= 11 is 0. The van der Waals surface area contributed by atoms with Gasteiger partial charge in [0.15, 0.2) is 0 Å². The molecule has 0 bridgehead atoms. The molecular weight excluding hydrogens is 229 g/mol. The molecule has 0 unspecified atom stereocenters. The molecule has 0 amide bonds. The molecule has 0 aliphatic rings. The highest BCUT2D eigenvalue weighted by Gasteiger charge is 2.11. The maximum absolute atomic E-state index is 12.0. The molecule has 2 aromatic rings. The van der Waals surface area contributed by atoms with Gasteiger partial charge in [0, 0.05) is 0 Å². The van der Waals surface area contributed by atoms with E-state index in [1.165, 1.54) is 18.2 Å². The van der Waals surface area contributed by atoms with Crippen molar-refractivity contribution >= 4 is 23.4 Å². The van der Waals surface area contributed by atoms with Crippen LogP contribution in [0.1, 0.15) is 0 Å². The molecule has 0 atom stereocenters. The Balaban J connectivity index is 2.43. The second kappa shape index (κ2) is 4.69. The third-order valence-electron chi connectivity index (χ3n) is 2.36. The smallest absolute Gasteiger partial charge is 0.435 e. The van der Waals surface area contributed by atoms with Gasteiger partial charge >= 0.3 is 13.7 Å². The van der Waals surface area contributed by atoms with E-state index < -0.39 is 13.7 Å². The van der Waals surface area contributed by atoms with Crippen molar-refractivity contribution in [1.29, 1.82) is 0 Å². The molecule has 2 aromatic carbocycles. The van der Waals surface area contributed by atoms with Gasteiger partial charge in [-0.2, -0.15) is 8.78 Å². The Labute approximate surface area is 96.4 Å². The van der Waals surface area contributed by atoms with Gasteiger partial charge in [0.05, 0.1) is 0 Å². The van der Waals surface area contributed by atoms with Crippen LogP contribution < -0.4 is 10.2 Å². The third-order valence-corrected chi connectivity index (χ3v) is 2.36. The number of hydrogen-bond donors (Lipinski definition) is 2. The molecule has 0 saturated carbocycles. The van der Waals surface area contributed by atoms with Gasteiger partial charge in [-0.15, -0.1) is 0 Å². The predicted octanol–water partition coefficient (Wildman–Crippen LogP) is 1.12. The second-order valence-electron chi connectivity index (χ2n) is 3.52. The summed E-state index contributed by atoms with van der Waals surface area (Å²) in [5.41, 5.74) is 0.298. The SMILES string of the molecule is OB(O)c1ccc2ccc(OC(F)F)cc2c1. The molecule has 17 heavy (non-hydrogen) atoms. The highest BCUT2D eigenvalue weighted by atomic mass is 19.3. The average molecular weight is 238 g/mol. The Morgan fingerprint density at radius 2 is 1.71 bits per heavy atom. The van der Waals surface area contributed by atoms with Crippen LogP contribution >= 0.6 is 0 Å². The van der Waals surface area contributed by atoms with Crippen LogP contribution in [0.3, 0.4) is 0 Å². The minimum absolute atomic E-state index is 0.0390. The average Bonchev–Trinajstić information content (AvgIpc) is 2.27. The van der Waals surface area contributed by atoms with E-state index in [0.29, 0.717) is 10.8 Å². The summed E-state index contributed by atoms with van der Waals surface area (Å²) in [6.07, 6.45) is 0. The summed E-state index contributed by atoms with van der Waals surface area (Å²) in [6.45, 7) is -2.88. The first-order valence-corrected chi connectivity index (χ1v) is 4.91. The fourth-order valence-corrected chi connectivity index (χ4v) is 1.58. The predicted molar refractivity (Wildman–Crippen MR) is 60.4 cm³/mol. The third kappa shape index (κ3) is 2.72. The number of benzene rings is 2. The van der Waals surface area contributed by atoms with Crippen LogP contribution in [-0.2, 0) is 0 Å². The molecule has 88 valence electrons. The molecule has 0 radical (unpaired) electrons. The molecule has 0 heterocycles. The van der Waals surface area contributed by atoms with Gasteiger partial charge in [0.1, 0.15) is 5.75 Å². The van der Waals surface area contributed by atoms with E-state index in [9.17, 15) is 8.78 Å². The minimum Gasteiger partial charge on any atom is -0.435 e. The lowest BCUT2D eigenvalue weighted by molar-refractivity contribution is -0.0497. The van der Waals surface area contributed by atoms with E-state index in [2.05, 4.69) is 4.74 Å². The largest absolute Gasteiger partial charge is 0.488 e. The summed E-state index contributed by atoms with van der Waals surface area (Å²) in [5.74, 6) is 0.0390. The monoisotopic (exact) mass is 238 g/mol. The van der Waals surface area contributed by atoms with Crippen molar-refractivity contribution in [1.82, 2.24) is 0 Å². The molecule has 0 spiro atoms. The van der Waals surface area contributed by atoms with Crippen LogP contribution in [0.5, 0.6) is 5.75 Å². The number of alkyl halides is 2. The van der Waals surface area contributed by atoms with Gasteiger partial charge in [0.2, 0.25) is 0 Å². The molecule has 2 N–H and O–H groups in total. The first-order chi connectivity index (χ1) is 8.06. The zero-order valence-corrected chi connectivity index (χ0v) is 8.68. The summed E-state index contributed by atoms with van der Waals surface area (Å²) in [6, 6.07) is 9.23. The van der Waals surface area contributed by atoms with Gasteiger partial charge in [-0.1, -0.05) is 24.3 Å². The zero-order chi connectivity index (χ0) is 12.4. The number of hydrogen-bond acceptors (Lipinski definition) is 3. The van der Waals surface area contributed by atoms with Crippen molar-refractivity contribution in [3.05, 3.63) is 36.4 Å². The zero-order valence-electron chi connectivity index (χ0n) is 8.68. The van der Waals surface area contributed by atoms with Gasteiger partial charge < -0.3 is 14.8 Å². The summed E-state index contributed by atoms with van der Waals surface area (Å²) in [7, 11) is -1.58. The highest BCUT2D eigenvalue weighted by Crippen LogP contribution is 2.21. The van der Waals surface area contributed by atoms with Crippen LogP contribution in [-0.4, -0.2) is 23.8 Å². The molecular formula is C11H9BF2O3. The number of rotatable bonds is 3. The standard InChI is InChI=1S/C11H9BF2O3/c13-11(14)17-10-4-2-7-1-3-9(12(15)16)5-8(7)6-10/h1-6,11,15-16H. The Hall–Kier alpha value is -1.66. The minimum atomic E-state index is -2.88. The summed E-state index contributed by atoms with van der Waals surface area (Å²) < 4.78 is 28.3. The molecule has 3 nitrogen and oxygen atoms in total. The van der Waals surface area contributed by atoms with Gasteiger partial charge in [-0.3, -0.25) is 0 Å². The summed E-state index contributed by atoms with van der Waals surface area (Å²) in [4.78, 5) is 0. The van der Waals surface area contributed by atoms with Gasteiger partial charge in [0.25, 0.3) is 0 Å². The van der Waals surface area contributed by atoms with E-state index in [-0.39, 0.29) is 5.75 Å². The van der Waals surface area contributed by atoms with E-state index in [1.54, 1.807) is 18.2 Å². The molecule has 0 saturated heterocycles. The molecule has 6 heteroatoms. The molecule has 0 aliphatic heterocycles. The van der Waals surface area contributed by atoms with Crippen molar-refractivity contribution in [3.8, 4) is 5.75 Å². The fraction of sp³-hybridized carbons (Fsp3) is 0.0909. The number of halogens is 2. The van der Waals surface area contributed by atoms with Crippen LogP contribution in [0.2, 0.25) is 0 Å². The van der Waals surface area contributed by atoms with E-state index in [0.717, 1.165) is 5.39 Å². The van der Waals surface area contributed by atoms with Crippen LogP contribution in [0, 0.1) is 0 Å². The molecule has 0 aliphatic carbocycles. The lowest BCUT2D eigenvalue weighted by atomic mass is 9.79. The Morgan fingerprint density at radius 1 is 1.00 bits per heavy atom. The van der Waals surface area contributed by atoms with Crippen LogP contribution in [0.25, 0.3) is 10.8 Å². The molecule has 0 fully saturated rings. The normalized spacial score (nSPS) is 10.9. The van der Waals surface area contributed by atoms with Crippen molar-refractivity contribution in [2.45, 2.75) is 6.61 Å². The van der Waals surface area contributed by atoms with E-state index in [1.807, 2.05) is 0 Å². The van der Waals surface area contributed by atoms with Crippen molar-refractivity contribution < 1.29 is 23.6 Å². The van der Waals surface area contributed by atoms with Crippen molar-refractivity contribution in [3.63, 3.8) is 0 Å². The lowest BCUT2D eigenvalue weighted by Crippen LogP contribution is -2.29. The first-order valence-electron chi connectivity index (χ1n) is 4.91. The Kier molecular flexibility index (Phi) is 3.26. The topological polar surface area (TPSA) is 49.7 Å². The van der Waals surface area contributed by atoms with E-state index in [4.69, 9.17) is 10.0 Å². The maximum Gasteiger partial charge on any atom is 0.488 e. The lowest BCUT2D eigenvalue weighted by Gasteiger charge is -2.07. The molecule has 2 rings (SSSR count). The van der Waals surface area contributed by atoms with Gasteiger partial charge in [-0.25, -0.2) is 0 Å².